The number of hydrogen-bond acceptors (Lipinski definition) is 4. The Morgan fingerprint density at radius 1 is 1.21 bits per heavy atom. The molecule has 0 saturated heterocycles. The monoisotopic (exact) mass is 401 g/mol. The average molecular weight is 402 g/mol. The summed E-state index contributed by atoms with van der Waals surface area (Å²) in [5, 5.41) is 13.4. The number of rotatable bonds is 4. The molecule has 1 heterocycles. The summed E-state index contributed by atoms with van der Waals surface area (Å²) in [5.74, 6) is 1.05. The summed E-state index contributed by atoms with van der Waals surface area (Å²) in [7, 11) is 0. The fourth-order valence-electron chi connectivity index (χ4n) is 4.02. The minimum atomic E-state index is -0.182. The van der Waals surface area contributed by atoms with Crippen molar-refractivity contribution in [2.24, 2.45) is 5.92 Å². The molecule has 0 bridgehead atoms. The van der Waals surface area contributed by atoms with Crippen molar-refractivity contribution >= 4 is 17.5 Å². The molecule has 4 rings (SSSR count). The molecule has 0 aromatic heterocycles. The number of benzene rings is 2. The topological polar surface area (TPSA) is 67.8 Å². The number of fused-ring (bicyclic) bond motifs is 2. The van der Waals surface area contributed by atoms with Gasteiger partial charge in [-0.1, -0.05) is 35.9 Å². The summed E-state index contributed by atoms with van der Waals surface area (Å²) >= 11 is 6.34. The van der Waals surface area contributed by atoms with Crippen molar-refractivity contribution in [3.05, 3.63) is 58.1 Å². The molecule has 0 spiro atoms. The van der Waals surface area contributed by atoms with Gasteiger partial charge in [0, 0.05) is 18.9 Å². The zero-order valence-electron chi connectivity index (χ0n) is 15.6. The summed E-state index contributed by atoms with van der Waals surface area (Å²) < 4.78 is 11.4. The molecule has 0 saturated carbocycles. The first-order valence-corrected chi connectivity index (χ1v) is 10.1. The Kier molecular flexibility index (Phi) is 5.74. The zero-order valence-corrected chi connectivity index (χ0v) is 16.4. The summed E-state index contributed by atoms with van der Waals surface area (Å²) in [4.78, 5) is 12.8. The minimum Gasteiger partial charge on any atom is -0.489 e. The number of aliphatic hydroxyl groups is 1. The molecule has 148 valence electrons. The van der Waals surface area contributed by atoms with Gasteiger partial charge in [0.05, 0.1) is 30.7 Å². The van der Waals surface area contributed by atoms with E-state index in [0.717, 1.165) is 30.4 Å². The predicted octanol–water partition coefficient (Wildman–Crippen LogP) is 3.46. The maximum Gasteiger partial charge on any atom is 0.224 e. The maximum absolute atomic E-state index is 12.8. The summed E-state index contributed by atoms with van der Waals surface area (Å²) in [6, 6.07) is 11.5. The van der Waals surface area contributed by atoms with E-state index in [1.54, 1.807) is 6.07 Å². The molecular weight excluding hydrogens is 378 g/mol. The van der Waals surface area contributed by atoms with Crippen LogP contribution in [0.4, 0.5) is 0 Å². The third-order valence-electron chi connectivity index (χ3n) is 5.42. The van der Waals surface area contributed by atoms with E-state index in [0.29, 0.717) is 29.7 Å². The highest BCUT2D eigenvalue weighted by Crippen LogP contribution is 2.38. The van der Waals surface area contributed by atoms with Gasteiger partial charge in [0.15, 0.2) is 11.5 Å². The van der Waals surface area contributed by atoms with Crippen molar-refractivity contribution in [2.45, 2.75) is 31.7 Å². The second-order valence-corrected chi connectivity index (χ2v) is 7.76. The van der Waals surface area contributed by atoms with Crippen molar-refractivity contribution in [1.82, 2.24) is 5.32 Å². The second-order valence-electron chi connectivity index (χ2n) is 7.36. The van der Waals surface area contributed by atoms with E-state index in [-0.39, 0.29) is 30.9 Å². The molecule has 0 unspecified atom stereocenters. The van der Waals surface area contributed by atoms with E-state index in [4.69, 9.17) is 21.1 Å². The Balaban J connectivity index is 1.51. The largest absolute Gasteiger partial charge is 0.489 e. The quantitative estimate of drug-likeness (QED) is 0.823. The molecule has 28 heavy (non-hydrogen) atoms. The van der Waals surface area contributed by atoms with Crippen LogP contribution in [-0.4, -0.2) is 30.8 Å². The Morgan fingerprint density at radius 2 is 2.04 bits per heavy atom. The Bertz CT molecular complexity index is 870. The Hall–Kier alpha value is -2.24. The SMILES string of the molecule is O=C(Cc1cc(Cl)c2c(c1)OCCCO2)N[C@H]1c2ccccc2CC[C@H]1CO. The van der Waals surface area contributed by atoms with E-state index in [1.165, 1.54) is 5.56 Å². The third kappa shape index (κ3) is 3.96. The van der Waals surface area contributed by atoms with E-state index in [2.05, 4.69) is 11.4 Å². The molecule has 0 fully saturated rings. The van der Waals surface area contributed by atoms with Gasteiger partial charge >= 0.3 is 0 Å². The molecule has 2 aromatic rings. The number of halogens is 1. The highest BCUT2D eigenvalue weighted by atomic mass is 35.5. The minimum absolute atomic E-state index is 0.0196. The summed E-state index contributed by atoms with van der Waals surface area (Å²) in [6.07, 6.45) is 2.76. The normalized spacial score (nSPS) is 20.8. The standard InChI is InChI=1S/C22H24ClNO4/c23-18-10-14(11-19-22(18)28-9-3-8-27-19)12-20(26)24-21-16(13-25)7-6-15-4-1-2-5-17(15)21/h1-2,4-5,10-11,16,21,25H,3,6-9,12-13H2,(H,24,26)/t16-,21+/m0/s1. The molecule has 2 aliphatic rings. The van der Waals surface area contributed by atoms with Crippen molar-refractivity contribution in [1.29, 1.82) is 0 Å². The number of aryl methyl sites for hydroxylation is 1. The second kappa shape index (κ2) is 8.41. The van der Waals surface area contributed by atoms with Crippen LogP contribution in [0, 0.1) is 5.92 Å². The molecule has 2 atom stereocenters. The number of amides is 1. The van der Waals surface area contributed by atoms with Gasteiger partial charge in [-0.05, 0) is 41.7 Å². The van der Waals surface area contributed by atoms with Gasteiger partial charge in [-0.2, -0.15) is 0 Å². The van der Waals surface area contributed by atoms with Gasteiger partial charge in [-0.15, -0.1) is 0 Å². The van der Waals surface area contributed by atoms with Crippen molar-refractivity contribution in [2.75, 3.05) is 19.8 Å². The highest BCUT2D eigenvalue weighted by Gasteiger charge is 2.30. The van der Waals surface area contributed by atoms with Gasteiger partial charge < -0.3 is 19.9 Å². The number of carbonyl (C=O) groups excluding carboxylic acids is 1. The van der Waals surface area contributed by atoms with E-state index < -0.39 is 0 Å². The van der Waals surface area contributed by atoms with Crippen molar-refractivity contribution in [3.63, 3.8) is 0 Å². The number of aliphatic hydroxyl groups excluding tert-OH is 1. The van der Waals surface area contributed by atoms with Gasteiger partial charge in [0.2, 0.25) is 5.91 Å². The van der Waals surface area contributed by atoms with Crippen LogP contribution >= 0.6 is 11.6 Å². The average Bonchev–Trinajstić information content (AvgIpc) is 2.94. The van der Waals surface area contributed by atoms with E-state index in [1.807, 2.05) is 24.3 Å². The molecule has 2 aromatic carbocycles. The first-order chi connectivity index (χ1) is 13.7. The lowest BCUT2D eigenvalue weighted by atomic mass is 9.80. The first kappa shape index (κ1) is 19.1. The molecule has 6 heteroatoms. The van der Waals surface area contributed by atoms with E-state index in [9.17, 15) is 9.90 Å². The third-order valence-corrected chi connectivity index (χ3v) is 5.70. The molecule has 0 radical (unpaired) electrons. The van der Waals surface area contributed by atoms with Crippen LogP contribution in [0.15, 0.2) is 36.4 Å². The fourth-order valence-corrected chi connectivity index (χ4v) is 4.30. The van der Waals surface area contributed by atoms with Crippen LogP contribution in [0.3, 0.4) is 0 Å². The lowest BCUT2D eigenvalue weighted by Crippen LogP contribution is -2.38. The predicted molar refractivity (Wildman–Crippen MR) is 107 cm³/mol. The summed E-state index contributed by atoms with van der Waals surface area (Å²) in [5.41, 5.74) is 3.10. The molecule has 1 aliphatic heterocycles. The Morgan fingerprint density at radius 3 is 2.89 bits per heavy atom. The van der Waals surface area contributed by atoms with Crippen LogP contribution in [0.2, 0.25) is 5.02 Å². The number of nitrogens with one attached hydrogen (secondary N) is 1. The lowest BCUT2D eigenvalue weighted by molar-refractivity contribution is -0.121. The molecule has 1 aliphatic carbocycles. The maximum atomic E-state index is 12.8. The first-order valence-electron chi connectivity index (χ1n) is 9.71. The number of hydrogen-bond donors (Lipinski definition) is 2. The van der Waals surface area contributed by atoms with Crippen LogP contribution in [0.5, 0.6) is 11.5 Å². The smallest absolute Gasteiger partial charge is 0.224 e. The number of ether oxygens (including phenoxy) is 2. The van der Waals surface area contributed by atoms with Crippen LogP contribution in [-0.2, 0) is 17.6 Å². The van der Waals surface area contributed by atoms with Gasteiger partial charge in [0.1, 0.15) is 0 Å². The molecule has 1 amide bonds. The highest BCUT2D eigenvalue weighted by molar-refractivity contribution is 6.32. The van der Waals surface area contributed by atoms with Crippen molar-refractivity contribution < 1.29 is 19.4 Å². The molecule has 2 N–H and O–H groups in total. The zero-order chi connectivity index (χ0) is 19.5. The van der Waals surface area contributed by atoms with Crippen LogP contribution in [0.25, 0.3) is 0 Å². The van der Waals surface area contributed by atoms with Crippen molar-refractivity contribution in [3.8, 4) is 11.5 Å². The number of carbonyl (C=O) groups is 1. The van der Waals surface area contributed by atoms with Gasteiger partial charge in [-0.25, -0.2) is 0 Å². The van der Waals surface area contributed by atoms with Gasteiger partial charge in [-0.3, -0.25) is 4.79 Å². The van der Waals surface area contributed by atoms with Crippen LogP contribution in [0.1, 0.15) is 35.6 Å². The van der Waals surface area contributed by atoms with Crippen LogP contribution < -0.4 is 14.8 Å². The Labute approximate surface area is 169 Å². The fraction of sp³-hybridized carbons (Fsp3) is 0.409. The summed E-state index contributed by atoms with van der Waals surface area (Å²) in [6.45, 7) is 1.18. The van der Waals surface area contributed by atoms with E-state index >= 15 is 0 Å². The molecular formula is C22H24ClNO4. The molecule has 5 nitrogen and oxygen atoms in total. The lowest BCUT2D eigenvalue weighted by Gasteiger charge is -2.33. The van der Waals surface area contributed by atoms with Gasteiger partial charge in [0.25, 0.3) is 0 Å².